The van der Waals surface area contributed by atoms with Crippen molar-refractivity contribution in [3.63, 3.8) is 0 Å². The zero-order chi connectivity index (χ0) is 18.6. The number of nitrogens with one attached hydrogen (secondary N) is 1. The van der Waals surface area contributed by atoms with Gasteiger partial charge in [-0.15, -0.1) is 11.3 Å². The lowest BCUT2D eigenvalue weighted by molar-refractivity contribution is -0.136. The van der Waals surface area contributed by atoms with E-state index in [1.54, 1.807) is 5.38 Å². The number of thiazole rings is 1. The second kappa shape index (κ2) is 7.37. The Hall–Kier alpha value is -3.18. The molecule has 0 bridgehead atoms. The van der Waals surface area contributed by atoms with Gasteiger partial charge >= 0.3 is 6.18 Å². The molecule has 0 aliphatic carbocycles. The number of benzene rings is 2. The van der Waals surface area contributed by atoms with Crippen molar-refractivity contribution in [2.24, 2.45) is 5.10 Å². The number of nitrogens with zero attached hydrogens (tertiary/aromatic N) is 3. The number of alkyl halides is 3. The molecule has 0 unspecified atom stereocenters. The Labute approximate surface area is 151 Å². The van der Waals surface area contributed by atoms with Crippen LogP contribution >= 0.6 is 11.3 Å². The molecule has 0 radical (unpaired) electrons. The summed E-state index contributed by atoms with van der Waals surface area (Å²) in [7, 11) is 0. The third-order valence-electron chi connectivity index (χ3n) is 3.40. The first-order chi connectivity index (χ1) is 12.5. The van der Waals surface area contributed by atoms with E-state index in [4.69, 9.17) is 0 Å². The fraction of sp³-hybridized carbons (Fsp3) is 0.0556. The molecule has 0 aliphatic rings. The summed E-state index contributed by atoms with van der Waals surface area (Å²) in [6.45, 7) is 0. The standard InChI is InChI=1S/C18H11F3N4S/c19-18(20,21)13-8-4-5-9-14(13)24-25-15(10-22)17-23-16(11-26-17)12-6-2-1-3-7-12/h1-9,11,24H/b25-15+. The highest BCUT2D eigenvalue weighted by atomic mass is 32.1. The Kier molecular flexibility index (Phi) is 5.00. The molecule has 26 heavy (non-hydrogen) atoms. The average Bonchev–Trinajstić information content (AvgIpc) is 3.12. The van der Waals surface area contributed by atoms with Crippen molar-refractivity contribution in [2.45, 2.75) is 6.18 Å². The van der Waals surface area contributed by atoms with E-state index in [2.05, 4.69) is 15.5 Å². The van der Waals surface area contributed by atoms with Gasteiger partial charge < -0.3 is 0 Å². The van der Waals surface area contributed by atoms with E-state index >= 15 is 0 Å². The number of rotatable bonds is 4. The average molecular weight is 372 g/mol. The van der Waals surface area contributed by atoms with Gasteiger partial charge in [-0.2, -0.15) is 23.5 Å². The van der Waals surface area contributed by atoms with Crippen LogP contribution in [0, 0.1) is 11.3 Å². The summed E-state index contributed by atoms with van der Waals surface area (Å²) in [5, 5.41) is 15.2. The van der Waals surface area contributed by atoms with Gasteiger partial charge in [0.25, 0.3) is 0 Å². The van der Waals surface area contributed by atoms with Crippen LogP contribution in [0.15, 0.2) is 65.1 Å². The summed E-state index contributed by atoms with van der Waals surface area (Å²) in [6, 6.07) is 16.2. The molecule has 1 N–H and O–H groups in total. The van der Waals surface area contributed by atoms with E-state index < -0.39 is 11.7 Å². The van der Waals surface area contributed by atoms with Crippen molar-refractivity contribution >= 4 is 22.7 Å². The Bertz CT molecular complexity index is 972. The van der Waals surface area contributed by atoms with Gasteiger partial charge in [0.2, 0.25) is 0 Å². The van der Waals surface area contributed by atoms with Gasteiger partial charge in [0.15, 0.2) is 10.7 Å². The maximum atomic E-state index is 13.0. The van der Waals surface area contributed by atoms with Crippen LogP contribution in [0.25, 0.3) is 11.3 Å². The number of hydrogen-bond acceptors (Lipinski definition) is 5. The number of hydrazone groups is 1. The molecule has 0 saturated carbocycles. The third kappa shape index (κ3) is 3.90. The van der Waals surface area contributed by atoms with Crippen molar-refractivity contribution in [1.29, 1.82) is 5.26 Å². The summed E-state index contributed by atoms with van der Waals surface area (Å²) in [6.07, 6.45) is -4.52. The Balaban J connectivity index is 1.87. The molecular weight excluding hydrogens is 361 g/mol. The van der Waals surface area contributed by atoms with Crippen LogP contribution in [0.5, 0.6) is 0 Å². The maximum Gasteiger partial charge on any atom is 0.418 e. The molecule has 0 fully saturated rings. The van der Waals surface area contributed by atoms with Crippen LogP contribution in [0.3, 0.4) is 0 Å². The largest absolute Gasteiger partial charge is 0.418 e. The summed E-state index contributed by atoms with van der Waals surface area (Å²) < 4.78 is 39.0. The fourth-order valence-corrected chi connectivity index (χ4v) is 2.95. The minimum atomic E-state index is -4.52. The second-order valence-corrected chi connectivity index (χ2v) is 5.99. The fourth-order valence-electron chi connectivity index (χ4n) is 2.19. The first-order valence-electron chi connectivity index (χ1n) is 7.40. The lowest BCUT2D eigenvalue weighted by Gasteiger charge is -2.11. The molecule has 1 heterocycles. The van der Waals surface area contributed by atoms with E-state index in [0.717, 1.165) is 11.6 Å². The molecule has 0 amide bonds. The molecule has 3 aromatic rings. The highest BCUT2D eigenvalue weighted by Crippen LogP contribution is 2.34. The monoisotopic (exact) mass is 372 g/mol. The third-order valence-corrected chi connectivity index (χ3v) is 4.25. The van der Waals surface area contributed by atoms with E-state index in [-0.39, 0.29) is 11.4 Å². The molecule has 0 atom stereocenters. The summed E-state index contributed by atoms with van der Waals surface area (Å²) in [5.74, 6) is 0. The number of anilines is 1. The summed E-state index contributed by atoms with van der Waals surface area (Å²) in [4.78, 5) is 4.34. The zero-order valence-electron chi connectivity index (χ0n) is 13.2. The van der Waals surface area contributed by atoms with Crippen molar-refractivity contribution in [3.8, 4) is 17.3 Å². The zero-order valence-corrected chi connectivity index (χ0v) is 14.0. The Morgan fingerprint density at radius 3 is 2.46 bits per heavy atom. The highest BCUT2D eigenvalue weighted by molar-refractivity contribution is 7.12. The number of para-hydroxylation sites is 1. The van der Waals surface area contributed by atoms with Gasteiger partial charge in [-0.05, 0) is 12.1 Å². The highest BCUT2D eigenvalue weighted by Gasteiger charge is 2.33. The van der Waals surface area contributed by atoms with Gasteiger partial charge in [0.05, 0.1) is 16.9 Å². The smallest absolute Gasteiger partial charge is 0.277 e. The number of aromatic nitrogens is 1. The number of hydrogen-bond donors (Lipinski definition) is 1. The van der Waals surface area contributed by atoms with E-state index in [9.17, 15) is 18.4 Å². The lowest BCUT2D eigenvalue weighted by Crippen LogP contribution is -2.09. The van der Waals surface area contributed by atoms with Crippen molar-refractivity contribution in [1.82, 2.24) is 4.98 Å². The van der Waals surface area contributed by atoms with Crippen LogP contribution in [-0.4, -0.2) is 10.7 Å². The number of halogens is 3. The maximum absolute atomic E-state index is 13.0. The van der Waals surface area contributed by atoms with Crippen LogP contribution in [0.1, 0.15) is 10.6 Å². The molecule has 2 aromatic carbocycles. The molecular formula is C18H11F3N4S. The predicted octanol–water partition coefficient (Wildman–Crippen LogP) is 5.17. The second-order valence-electron chi connectivity index (χ2n) is 5.13. The molecule has 0 saturated heterocycles. The SMILES string of the molecule is N#C/C(=N\Nc1ccccc1C(F)(F)F)c1nc(-c2ccccc2)cs1. The van der Waals surface area contributed by atoms with Crippen molar-refractivity contribution < 1.29 is 13.2 Å². The summed E-state index contributed by atoms with van der Waals surface area (Å²) in [5.41, 5.74) is 2.70. The van der Waals surface area contributed by atoms with Crippen molar-refractivity contribution in [3.05, 3.63) is 70.5 Å². The van der Waals surface area contributed by atoms with Crippen molar-refractivity contribution in [2.75, 3.05) is 5.43 Å². The minimum Gasteiger partial charge on any atom is -0.277 e. The quantitative estimate of drug-likeness (QED) is 0.508. The first-order valence-corrected chi connectivity index (χ1v) is 8.28. The normalized spacial score (nSPS) is 11.8. The van der Waals surface area contributed by atoms with Crippen LogP contribution in [0.4, 0.5) is 18.9 Å². The Morgan fingerprint density at radius 2 is 1.77 bits per heavy atom. The van der Waals surface area contributed by atoms with Gasteiger partial charge in [-0.1, -0.05) is 42.5 Å². The van der Waals surface area contributed by atoms with Crippen LogP contribution < -0.4 is 5.43 Å². The van der Waals surface area contributed by atoms with Gasteiger partial charge in [0.1, 0.15) is 6.07 Å². The lowest BCUT2D eigenvalue weighted by atomic mass is 10.2. The molecule has 8 heteroatoms. The van der Waals surface area contributed by atoms with Crippen LogP contribution in [-0.2, 0) is 6.18 Å². The molecule has 0 spiro atoms. The molecule has 4 nitrogen and oxygen atoms in total. The van der Waals surface area contributed by atoms with Crippen LogP contribution in [0.2, 0.25) is 0 Å². The summed E-state index contributed by atoms with van der Waals surface area (Å²) >= 11 is 1.20. The topological polar surface area (TPSA) is 61.1 Å². The van der Waals surface area contributed by atoms with E-state index in [1.807, 2.05) is 36.4 Å². The number of nitriles is 1. The van der Waals surface area contributed by atoms with Gasteiger partial charge in [-0.3, -0.25) is 5.43 Å². The molecule has 130 valence electrons. The predicted molar refractivity (Wildman–Crippen MR) is 94.8 cm³/mol. The minimum absolute atomic E-state index is 0.0887. The van der Waals surface area contributed by atoms with E-state index in [0.29, 0.717) is 10.7 Å². The molecule has 1 aromatic heterocycles. The molecule has 3 rings (SSSR count). The van der Waals surface area contributed by atoms with Gasteiger partial charge in [0, 0.05) is 10.9 Å². The Morgan fingerprint density at radius 1 is 1.08 bits per heavy atom. The molecule has 0 aliphatic heterocycles. The first kappa shape index (κ1) is 17.6. The van der Waals surface area contributed by atoms with E-state index in [1.165, 1.54) is 29.5 Å². The van der Waals surface area contributed by atoms with Gasteiger partial charge in [-0.25, -0.2) is 4.98 Å².